The number of hydrogen-bond acceptors (Lipinski definition) is 5. The number of nitrogens with zero attached hydrogens (tertiary/aromatic N) is 1. The van der Waals surface area contributed by atoms with Gasteiger partial charge in [0.05, 0.1) is 5.75 Å². The number of hydrogen-bond donors (Lipinski definition) is 4. The van der Waals surface area contributed by atoms with Gasteiger partial charge in [0.15, 0.2) is 5.96 Å². The molecule has 0 aliphatic rings. The standard InChI is InChI=1S/C15H33N5O4S.HI/c1-6-16-13(18-11-12-20-25(22,23)7-2)17-9-8-10-19-14(21)24-15(3,4)5;/h20H,6-12H2,1-5H3,(H,19,21)(H2,16,17,18);1H. The van der Waals surface area contributed by atoms with Crippen molar-refractivity contribution < 1.29 is 17.9 Å². The Balaban J connectivity index is 0. The van der Waals surface area contributed by atoms with Crippen LogP contribution in [0.2, 0.25) is 0 Å². The number of aliphatic imine (C=N–C) groups is 1. The number of ether oxygens (including phenoxy) is 1. The molecule has 0 heterocycles. The molecule has 0 aromatic carbocycles. The first-order valence-electron chi connectivity index (χ1n) is 8.56. The highest BCUT2D eigenvalue weighted by atomic mass is 127. The van der Waals surface area contributed by atoms with E-state index in [0.29, 0.717) is 45.1 Å². The Morgan fingerprint density at radius 1 is 1.04 bits per heavy atom. The van der Waals surface area contributed by atoms with Crippen LogP contribution in [-0.4, -0.2) is 64.5 Å². The van der Waals surface area contributed by atoms with Gasteiger partial charge < -0.3 is 20.7 Å². The molecule has 0 saturated heterocycles. The van der Waals surface area contributed by atoms with E-state index in [0.717, 1.165) is 0 Å². The van der Waals surface area contributed by atoms with E-state index in [1.165, 1.54) is 0 Å². The number of nitrogens with one attached hydrogen (secondary N) is 4. The van der Waals surface area contributed by atoms with Gasteiger partial charge in [-0.15, -0.1) is 24.0 Å². The van der Waals surface area contributed by atoms with Gasteiger partial charge >= 0.3 is 6.09 Å². The third-order valence-electron chi connectivity index (χ3n) is 2.74. The number of sulfonamides is 1. The summed E-state index contributed by atoms with van der Waals surface area (Å²) < 4.78 is 30.3. The molecule has 0 bridgehead atoms. The van der Waals surface area contributed by atoms with Crippen LogP contribution in [0.1, 0.15) is 41.0 Å². The molecule has 0 fully saturated rings. The number of carbonyl (C=O) groups excluding carboxylic acids is 1. The Morgan fingerprint density at radius 3 is 2.23 bits per heavy atom. The minimum atomic E-state index is -3.18. The van der Waals surface area contributed by atoms with Crippen LogP contribution in [0.5, 0.6) is 0 Å². The lowest BCUT2D eigenvalue weighted by molar-refractivity contribution is 0.0527. The molecule has 0 aliphatic carbocycles. The van der Waals surface area contributed by atoms with Crippen molar-refractivity contribution in [1.82, 2.24) is 20.7 Å². The zero-order chi connectivity index (χ0) is 19.3. The third kappa shape index (κ3) is 16.6. The molecule has 26 heavy (non-hydrogen) atoms. The van der Waals surface area contributed by atoms with Crippen LogP contribution < -0.4 is 20.7 Å². The molecular weight excluding hydrogens is 473 g/mol. The van der Waals surface area contributed by atoms with Crippen LogP contribution >= 0.6 is 24.0 Å². The Kier molecular flexibility index (Phi) is 15.0. The average molecular weight is 507 g/mol. The summed E-state index contributed by atoms with van der Waals surface area (Å²) in [5.41, 5.74) is -0.510. The monoisotopic (exact) mass is 507 g/mol. The molecule has 0 saturated carbocycles. The van der Waals surface area contributed by atoms with Crippen molar-refractivity contribution in [2.45, 2.75) is 46.6 Å². The molecule has 156 valence electrons. The zero-order valence-electron chi connectivity index (χ0n) is 16.3. The minimum absolute atomic E-state index is 0. The first-order valence-corrected chi connectivity index (χ1v) is 10.2. The fourth-order valence-corrected chi connectivity index (χ4v) is 2.22. The lowest BCUT2D eigenvalue weighted by atomic mass is 10.2. The normalized spacial score (nSPS) is 12.1. The van der Waals surface area contributed by atoms with Crippen molar-refractivity contribution in [3.8, 4) is 0 Å². The van der Waals surface area contributed by atoms with Crippen LogP contribution in [-0.2, 0) is 14.8 Å². The summed E-state index contributed by atoms with van der Waals surface area (Å²) in [5, 5.41) is 8.79. The van der Waals surface area contributed by atoms with Gasteiger partial charge in [-0.1, -0.05) is 0 Å². The van der Waals surface area contributed by atoms with E-state index in [4.69, 9.17) is 4.74 Å². The topological polar surface area (TPSA) is 121 Å². The van der Waals surface area contributed by atoms with E-state index in [9.17, 15) is 13.2 Å². The first-order chi connectivity index (χ1) is 11.6. The molecule has 0 rings (SSSR count). The molecule has 0 unspecified atom stereocenters. The van der Waals surface area contributed by atoms with Crippen molar-refractivity contribution in [1.29, 1.82) is 0 Å². The second kappa shape index (κ2) is 14.3. The number of halogens is 1. The second-order valence-corrected chi connectivity index (χ2v) is 8.36. The van der Waals surface area contributed by atoms with Crippen LogP contribution in [0, 0.1) is 0 Å². The first kappa shape index (κ1) is 27.4. The molecular formula is C15H34IN5O4S. The van der Waals surface area contributed by atoms with Gasteiger partial charge in [-0.2, -0.15) is 0 Å². The lowest BCUT2D eigenvalue weighted by Gasteiger charge is -2.19. The predicted octanol–water partition coefficient (Wildman–Crippen LogP) is 1.01. The van der Waals surface area contributed by atoms with Crippen molar-refractivity contribution in [3.05, 3.63) is 0 Å². The molecule has 9 nitrogen and oxygen atoms in total. The summed E-state index contributed by atoms with van der Waals surface area (Å²) in [6.07, 6.45) is 0.225. The summed E-state index contributed by atoms with van der Waals surface area (Å²) in [4.78, 5) is 15.9. The van der Waals surface area contributed by atoms with E-state index in [1.54, 1.807) is 6.92 Å². The van der Waals surface area contributed by atoms with Crippen LogP contribution in [0.25, 0.3) is 0 Å². The van der Waals surface area contributed by atoms with Crippen molar-refractivity contribution in [3.63, 3.8) is 0 Å². The van der Waals surface area contributed by atoms with E-state index in [2.05, 4.69) is 25.7 Å². The number of amides is 1. The zero-order valence-corrected chi connectivity index (χ0v) is 19.5. The summed E-state index contributed by atoms with van der Waals surface area (Å²) in [6.45, 7) is 11.4. The van der Waals surface area contributed by atoms with Crippen LogP contribution in [0.3, 0.4) is 0 Å². The summed E-state index contributed by atoms with van der Waals surface area (Å²) in [5.74, 6) is 0.668. The summed E-state index contributed by atoms with van der Waals surface area (Å²) >= 11 is 0. The van der Waals surface area contributed by atoms with Crippen molar-refractivity contribution >= 4 is 46.1 Å². The fourth-order valence-electron chi connectivity index (χ4n) is 1.61. The Labute approximate surface area is 174 Å². The van der Waals surface area contributed by atoms with Gasteiger partial charge in [-0.05, 0) is 41.0 Å². The third-order valence-corrected chi connectivity index (χ3v) is 4.14. The predicted molar refractivity (Wildman–Crippen MR) is 116 cm³/mol. The molecule has 1 amide bonds. The smallest absolute Gasteiger partial charge is 0.407 e. The maximum Gasteiger partial charge on any atom is 0.407 e. The minimum Gasteiger partial charge on any atom is -0.444 e. The Bertz CT molecular complexity index is 521. The van der Waals surface area contributed by atoms with Gasteiger partial charge in [0.2, 0.25) is 10.0 Å². The second-order valence-electron chi connectivity index (χ2n) is 6.27. The number of carbonyl (C=O) groups is 1. The molecule has 4 N–H and O–H groups in total. The highest BCUT2D eigenvalue weighted by Crippen LogP contribution is 2.06. The van der Waals surface area contributed by atoms with E-state index < -0.39 is 21.7 Å². The molecule has 0 radical (unpaired) electrons. The lowest BCUT2D eigenvalue weighted by Crippen LogP contribution is -2.41. The van der Waals surface area contributed by atoms with Crippen LogP contribution in [0.15, 0.2) is 4.99 Å². The fraction of sp³-hybridized carbons (Fsp3) is 0.867. The molecule has 0 spiro atoms. The SMILES string of the molecule is CCNC(=NCCCNC(=O)OC(C)(C)C)NCCNS(=O)(=O)CC.I. The maximum absolute atomic E-state index is 11.5. The quantitative estimate of drug-likeness (QED) is 0.152. The summed E-state index contributed by atoms with van der Waals surface area (Å²) in [7, 11) is -3.18. The Hall–Kier alpha value is -0.820. The van der Waals surface area contributed by atoms with Gasteiger partial charge in [0, 0.05) is 32.7 Å². The van der Waals surface area contributed by atoms with Crippen molar-refractivity contribution in [2.24, 2.45) is 4.99 Å². The van der Waals surface area contributed by atoms with E-state index >= 15 is 0 Å². The summed E-state index contributed by atoms with van der Waals surface area (Å²) in [6, 6.07) is 0. The number of rotatable bonds is 10. The molecule has 0 atom stereocenters. The van der Waals surface area contributed by atoms with Crippen LogP contribution in [0.4, 0.5) is 4.79 Å². The molecule has 0 aliphatic heterocycles. The Morgan fingerprint density at radius 2 is 1.69 bits per heavy atom. The number of alkyl carbamates (subject to hydrolysis) is 1. The molecule has 0 aromatic heterocycles. The highest BCUT2D eigenvalue weighted by Gasteiger charge is 2.15. The average Bonchev–Trinajstić information content (AvgIpc) is 2.49. The maximum atomic E-state index is 11.5. The van der Waals surface area contributed by atoms with Gasteiger partial charge in [0.1, 0.15) is 5.60 Å². The largest absolute Gasteiger partial charge is 0.444 e. The number of guanidine groups is 1. The molecule has 11 heteroatoms. The van der Waals surface area contributed by atoms with Crippen molar-refractivity contribution in [2.75, 3.05) is 38.5 Å². The van der Waals surface area contributed by atoms with Gasteiger partial charge in [-0.25, -0.2) is 17.9 Å². The van der Waals surface area contributed by atoms with E-state index in [-0.39, 0.29) is 29.7 Å². The molecule has 0 aromatic rings. The van der Waals surface area contributed by atoms with Gasteiger partial charge in [0.25, 0.3) is 0 Å². The highest BCUT2D eigenvalue weighted by molar-refractivity contribution is 14.0. The van der Waals surface area contributed by atoms with E-state index in [1.807, 2.05) is 27.7 Å². The van der Waals surface area contributed by atoms with Gasteiger partial charge in [-0.3, -0.25) is 4.99 Å².